The molecule has 0 unspecified atom stereocenters. The molecule has 1 aromatic carbocycles. The molecule has 3 rings (SSSR count). The van der Waals surface area contributed by atoms with E-state index in [2.05, 4.69) is 15.0 Å². The molecule has 9 nitrogen and oxygen atoms in total. The molecule has 1 aliphatic rings. The van der Waals surface area contributed by atoms with Gasteiger partial charge in [-0.15, -0.1) is 11.3 Å². The van der Waals surface area contributed by atoms with Crippen LogP contribution in [0.2, 0.25) is 0 Å². The van der Waals surface area contributed by atoms with E-state index in [0.717, 1.165) is 23.3 Å². The van der Waals surface area contributed by atoms with Gasteiger partial charge in [0.25, 0.3) is 5.69 Å². The fourth-order valence-corrected chi connectivity index (χ4v) is 3.29. The van der Waals surface area contributed by atoms with Crippen molar-refractivity contribution in [3.8, 4) is 5.75 Å². The third-order valence-corrected chi connectivity index (χ3v) is 4.72. The van der Waals surface area contributed by atoms with Gasteiger partial charge < -0.3 is 19.9 Å². The van der Waals surface area contributed by atoms with Crippen LogP contribution in [0.1, 0.15) is 0 Å². The smallest absolute Gasteiger partial charge is 0.387 e. The van der Waals surface area contributed by atoms with Crippen molar-refractivity contribution in [3.63, 3.8) is 0 Å². The van der Waals surface area contributed by atoms with Crippen LogP contribution < -0.4 is 15.0 Å². The summed E-state index contributed by atoms with van der Waals surface area (Å²) in [5.74, 6) is -0.342. The summed E-state index contributed by atoms with van der Waals surface area (Å²) >= 11 is 1.50. The Bertz CT molecular complexity index is 813. The minimum Gasteiger partial charge on any atom is -0.433 e. The third kappa shape index (κ3) is 4.58. The summed E-state index contributed by atoms with van der Waals surface area (Å²) in [6.07, 6.45) is 1.70. The highest BCUT2D eigenvalue weighted by atomic mass is 32.1. The molecule has 1 fully saturated rings. The number of urea groups is 1. The molecule has 0 radical (unpaired) electrons. The zero-order chi connectivity index (χ0) is 19.4. The van der Waals surface area contributed by atoms with Gasteiger partial charge in [-0.25, -0.2) is 9.78 Å². The van der Waals surface area contributed by atoms with Gasteiger partial charge in [-0.3, -0.25) is 10.1 Å². The van der Waals surface area contributed by atoms with Gasteiger partial charge in [0.2, 0.25) is 0 Å². The fraction of sp³-hybridized carbons (Fsp3) is 0.333. The Morgan fingerprint density at radius 3 is 2.67 bits per heavy atom. The molecular formula is C15H15F2N5O4S. The number of nitrogens with one attached hydrogen (secondary N) is 1. The van der Waals surface area contributed by atoms with Crippen molar-refractivity contribution in [2.75, 3.05) is 36.4 Å². The Morgan fingerprint density at radius 1 is 1.33 bits per heavy atom. The van der Waals surface area contributed by atoms with E-state index >= 15 is 0 Å². The zero-order valence-corrected chi connectivity index (χ0v) is 14.7. The van der Waals surface area contributed by atoms with Gasteiger partial charge in [0.05, 0.1) is 10.6 Å². The van der Waals surface area contributed by atoms with Crippen LogP contribution in [0, 0.1) is 10.1 Å². The van der Waals surface area contributed by atoms with Crippen LogP contribution in [0.4, 0.5) is 30.1 Å². The lowest BCUT2D eigenvalue weighted by Crippen LogP contribution is -2.50. The molecule has 1 aliphatic heterocycles. The number of carbonyl (C=O) groups is 1. The van der Waals surface area contributed by atoms with Crippen molar-refractivity contribution in [2.24, 2.45) is 0 Å². The molecule has 0 spiro atoms. The minimum absolute atomic E-state index is 0.183. The molecule has 1 saturated heterocycles. The first-order valence-corrected chi connectivity index (χ1v) is 8.75. The lowest BCUT2D eigenvalue weighted by Gasteiger charge is -2.34. The van der Waals surface area contributed by atoms with Gasteiger partial charge in [-0.1, -0.05) is 0 Å². The number of aromatic nitrogens is 1. The van der Waals surface area contributed by atoms with Crippen molar-refractivity contribution in [3.05, 3.63) is 39.9 Å². The number of non-ortho nitro benzene ring substituents is 1. The van der Waals surface area contributed by atoms with Crippen molar-refractivity contribution >= 4 is 33.9 Å². The van der Waals surface area contributed by atoms with Gasteiger partial charge in [0, 0.05) is 49.9 Å². The SMILES string of the molecule is O=C(Nc1cc([N+](=O)[O-])ccc1OC(F)F)N1CCN(c2nccs2)CC1. The summed E-state index contributed by atoms with van der Waals surface area (Å²) in [7, 11) is 0. The number of amides is 2. The van der Waals surface area contributed by atoms with Crippen LogP contribution in [0.25, 0.3) is 0 Å². The zero-order valence-electron chi connectivity index (χ0n) is 13.9. The first-order chi connectivity index (χ1) is 12.9. The normalized spacial score (nSPS) is 14.3. The standard InChI is InChI=1S/C15H15F2N5O4S/c16-13(17)26-12-2-1-10(22(24)25)9-11(12)19-14(23)20-4-6-21(7-5-20)15-18-3-8-27-15/h1-3,8-9,13H,4-7H2,(H,19,23). The number of hydrogen-bond donors (Lipinski definition) is 1. The topological polar surface area (TPSA) is 101 Å². The predicted molar refractivity (Wildman–Crippen MR) is 94.6 cm³/mol. The second kappa shape index (κ2) is 8.12. The van der Waals surface area contributed by atoms with E-state index in [9.17, 15) is 23.7 Å². The number of nitrogens with zero attached hydrogens (tertiary/aromatic N) is 4. The number of alkyl halides is 2. The number of nitro benzene ring substituents is 1. The summed E-state index contributed by atoms with van der Waals surface area (Å²) in [5, 5.41) is 16.1. The van der Waals surface area contributed by atoms with Crippen molar-refractivity contribution < 1.29 is 23.2 Å². The molecule has 0 aliphatic carbocycles. The number of carbonyl (C=O) groups excluding carboxylic acids is 1. The molecule has 27 heavy (non-hydrogen) atoms. The Kier molecular flexibility index (Phi) is 5.64. The number of piperazine rings is 1. The highest BCUT2D eigenvalue weighted by Gasteiger charge is 2.24. The monoisotopic (exact) mass is 399 g/mol. The predicted octanol–water partition coefficient (Wildman–Crippen LogP) is 3.01. The Morgan fingerprint density at radius 2 is 2.07 bits per heavy atom. The summed E-state index contributed by atoms with van der Waals surface area (Å²) in [6.45, 7) is -1.20. The summed E-state index contributed by atoms with van der Waals surface area (Å²) < 4.78 is 29.4. The maximum Gasteiger partial charge on any atom is 0.387 e. The second-order valence-electron chi connectivity index (χ2n) is 5.54. The fourth-order valence-electron chi connectivity index (χ4n) is 2.60. The molecule has 144 valence electrons. The van der Waals surface area contributed by atoms with Crippen molar-refractivity contribution in [1.29, 1.82) is 0 Å². The van der Waals surface area contributed by atoms with E-state index in [4.69, 9.17) is 0 Å². The molecule has 0 atom stereocenters. The average molecular weight is 399 g/mol. The van der Waals surface area contributed by atoms with E-state index in [-0.39, 0.29) is 17.1 Å². The number of nitro groups is 1. The van der Waals surface area contributed by atoms with Crippen molar-refractivity contribution in [1.82, 2.24) is 9.88 Å². The first-order valence-electron chi connectivity index (χ1n) is 7.87. The lowest BCUT2D eigenvalue weighted by atomic mass is 10.2. The largest absolute Gasteiger partial charge is 0.433 e. The molecule has 1 N–H and O–H groups in total. The molecule has 0 saturated carbocycles. The number of anilines is 2. The first kappa shape index (κ1) is 18.8. The van der Waals surface area contributed by atoms with Gasteiger partial charge in [0.1, 0.15) is 5.75 Å². The van der Waals surface area contributed by atoms with Gasteiger partial charge in [0.15, 0.2) is 5.13 Å². The average Bonchev–Trinajstić information content (AvgIpc) is 3.17. The maximum atomic E-state index is 12.5. The number of halogens is 2. The van der Waals surface area contributed by atoms with E-state index in [1.165, 1.54) is 16.2 Å². The molecule has 2 amide bonds. The summed E-state index contributed by atoms with van der Waals surface area (Å²) in [5.41, 5.74) is -0.530. The molecule has 0 bridgehead atoms. The van der Waals surface area contributed by atoms with Crippen LogP contribution in [0.3, 0.4) is 0 Å². The molecule has 1 aromatic heterocycles. The van der Waals surface area contributed by atoms with Gasteiger partial charge in [-0.05, 0) is 6.07 Å². The molecule has 2 heterocycles. The number of rotatable bonds is 5. The summed E-state index contributed by atoms with van der Waals surface area (Å²) in [6, 6.07) is 2.50. The van der Waals surface area contributed by atoms with Gasteiger partial charge in [-0.2, -0.15) is 8.78 Å². The lowest BCUT2D eigenvalue weighted by molar-refractivity contribution is -0.384. The molecular weight excluding hydrogens is 384 g/mol. The number of hydrogen-bond acceptors (Lipinski definition) is 7. The van der Waals surface area contributed by atoms with E-state index in [1.54, 1.807) is 6.20 Å². The van der Waals surface area contributed by atoms with Gasteiger partial charge >= 0.3 is 12.6 Å². The van der Waals surface area contributed by atoms with E-state index < -0.39 is 17.6 Å². The maximum absolute atomic E-state index is 12.5. The van der Waals surface area contributed by atoms with Crippen LogP contribution in [-0.2, 0) is 0 Å². The Balaban J connectivity index is 1.68. The van der Waals surface area contributed by atoms with Crippen LogP contribution in [-0.4, -0.2) is 53.6 Å². The number of benzene rings is 1. The van der Waals surface area contributed by atoms with Crippen LogP contribution in [0.15, 0.2) is 29.8 Å². The number of thiazole rings is 1. The van der Waals surface area contributed by atoms with Crippen LogP contribution >= 0.6 is 11.3 Å². The molecule has 2 aromatic rings. The molecule has 12 heteroatoms. The Hall–Kier alpha value is -3.02. The third-order valence-electron chi connectivity index (χ3n) is 3.89. The van der Waals surface area contributed by atoms with Crippen LogP contribution in [0.5, 0.6) is 5.75 Å². The van der Waals surface area contributed by atoms with E-state index in [0.29, 0.717) is 26.2 Å². The Labute approximate surface area is 156 Å². The minimum atomic E-state index is -3.12. The van der Waals surface area contributed by atoms with E-state index in [1.807, 2.05) is 10.3 Å². The van der Waals surface area contributed by atoms with Crippen molar-refractivity contribution in [2.45, 2.75) is 6.61 Å². The highest BCUT2D eigenvalue weighted by molar-refractivity contribution is 7.13. The second-order valence-corrected chi connectivity index (χ2v) is 6.41. The number of ether oxygens (including phenoxy) is 1. The quantitative estimate of drug-likeness (QED) is 0.613. The summed E-state index contributed by atoms with van der Waals surface area (Å²) in [4.78, 5) is 30.4. The highest BCUT2D eigenvalue weighted by Crippen LogP contribution is 2.31.